The summed E-state index contributed by atoms with van der Waals surface area (Å²) in [5.74, 6) is 1.56. The number of benzene rings is 2. The van der Waals surface area contributed by atoms with Gasteiger partial charge in [-0.25, -0.2) is 0 Å². The van der Waals surface area contributed by atoms with E-state index in [9.17, 15) is 0 Å². The SMILES string of the molecule is CO/N=C(\C)c1ccc(OCCOc2ccc(/C(C)=N/OC)cc2)cc1. The minimum atomic E-state index is 0.455. The van der Waals surface area contributed by atoms with E-state index in [0.29, 0.717) is 13.2 Å². The second-order valence-electron chi connectivity index (χ2n) is 5.46. The van der Waals surface area contributed by atoms with E-state index in [4.69, 9.17) is 19.1 Å². The van der Waals surface area contributed by atoms with Crippen molar-refractivity contribution in [3.8, 4) is 11.5 Å². The zero-order chi connectivity index (χ0) is 18.8. The first-order valence-corrected chi connectivity index (χ1v) is 8.26. The topological polar surface area (TPSA) is 61.6 Å². The van der Waals surface area contributed by atoms with Gasteiger partial charge in [0.25, 0.3) is 0 Å². The van der Waals surface area contributed by atoms with Gasteiger partial charge in [0.2, 0.25) is 0 Å². The molecule has 0 spiro atoms. The van der Waals surface area contributed by atoms with Crippen molar-refractivity contribution in [1.29, 1.82) is 0 Å². The lowest BCUT2D eigenvalue weighted by Crippen LogP contribution is -2.09. The lowest BCUT2D eigenvalue weighted by Gasteiger charge is -2.09. The predicted octanol–water partition coefficient (Wildman–Crippen LogP) is 3.89. The average molecular weight is 356 g/mol. The predicted molar refractivity (Wildman–Crippen MR) is 102 cm³/mol. The Morgan fingerprint density at radius 1 is 0.654 bits per heavy atom. The van der Waals surface area contributed by atoms with Crippen LogP contribution in [-0.2, 0) is 9.68 Å². The summed E-state index contributed by atoms with van der Waals surface area (Å²) in [6.07, 6.45) is 0. The van der Waals surface area contributed by atoms with Crippen molar-refractivity contribution in [2.75, 3.05) is 27.4 Å². The summed E-state index contributed by atoms with van der Waals surface area (Å²) in [7, 11) is 3.06. The molecule has 138 valence electrons. The van der Waals surface area contributed by atoms with Crippen LogP contribution in [0.5, 0.6) is 11.5 Å². The largest absolute Gasteiger partial charge is 0.490 e. The third-order valence-electron chi connectivity index (χ3n) is 3.62. The van der Waals surface area contributed by atoms with Crippen molar-refractivity contribution >= 4 is 11.4 Å². The Morgan fingerprint density at radius 3 is 1.31 bits per heavy atom. The maximum atomic E-state index is 5.68. The van der Waals surface area contributed by atoms with E-state index < -0.39 is 0 Å². The van der Waals surface area contributed by atoms with Crippen molar-refractivity contribution in [3.05, 3.63) is 59.7 Å². The van der Waals surface area contributed by atoms with Crippen LogP contribution < -0.4 is 9.47 Å². The number of hydrogen-bond donors (Lipinski definition) is 0. The molecule has 26 heavy (non-hydrogen) atoms. The fraction of sp³-hybridized carbons (Fsp3) is 0.300. The Bertz CT molecular complexity index is 672. The molecule has 0 N–H and O–H groups in total. The molecule has 0 aliphatic heterocycles. The number of oxime groups is 2. The quantitative estimate of drug-likeness (QED) is 0.388. The summed E-state index contributed by atoms with van der Waals surface area (Å²) in [4.78, 5) is 9.54. The molecule has 0 unspecified atom stereocenters. The molecule has 2 rings (SSSR count). The molecular weight excluding hydrogens is 332 g/mol. The van der Waals surface area contributed by atoms with Crippen LogP contribution >= 0.6 is 0 Å². The first-order chi connectivity index (χ1) is 12.6. The number of rotatable bonds is 9. The van der Waals surface area contributed by atoms with Crippen molar-refractivity contribution in [2.45, 2.75) is 13.8 Å². The Kier molecular flexibility index (Phi) is 7.49. The molecule has 0 aliphatic rings. The molecule has 0 aromatic heterocycles. The first kappa shape index (κ1) is 19.3. The Morgan fingerprint density at radius 2 is 1.00 bits per heavy atom. The van der Waals surface area contributed by atoms with E-state index >= 15 is 0 Å². The molecule has 0 saturated carbocycles. The van der Waals surface area contributed by atoms with Gasteiger partial charge in [0.15, 0.2) is 0 Å². The van der Waals surface area contributed by atoms with E-state index in [1.807, 2.05) is 62.4 Å². The van der Waals surface area contributed by atoms with Gasteiger partial charge in [-0.1, -0.05) is 10.3 Å². The molecular formula is C20H24N2O4. The van der Waals surface area contributed by atoms with Crippen LogP contribution in [-0.4, -0.2) is 38.9 Å². The molecule has 2 aromatic rings. The summed E-state index contributed by atoms with van der Waals surface area (Å²) >= 11 is 0. The van der Waals surface area contributed by atoms with Crippen LogP contribution in [0.4, 0.5) is 0 Å². The van der Waals surface area contributed by atoms with E-state index in [0.717, 1.165) is 34.0 Å². The maximum absolute atomic E-state index is 5.68. The van der Waals surface area contributed by atoms with Gasteiger partial charge in [-0.15, -0.1) is 0 Å². The van der Waals surface area contributed by atoms with Crippen molar-refractivity contribution < 1.29 is 19.1 Å². The van der Waals surface area contributed by atoms with Gasteiger partial charge >= 0.3 is 0 Å². The first-order valence-electron chi connectivity index (χ1n) is 8.26. The number of nitrogens with zero attached hydrogens (tertiary/aromatic N) is 2. The molecule has 0 heterocycles. The highest BCUT2D eigenvalue weighted by Crippen LogP contribution is 2.15. The average Bonchev–Trinajstić information content (AvgIpc) is 2.66. The number of hydrogen-bond acceptors (Lipinski definition) is 6. The van der Waals surface area contributed by atoms with Gasteiger partial charge in [0, 0.05) is 0 Å². The summed E-state index contributed by atoms with van der Waals surface area (Å²) in [6, 6.07) is 15.4. The molecule has 6 heteroatoms. The summed E-state index contributed by atoms with van der Waals surface area (Å²) < 4.78 is 11.4. The van der Waals surface area contributed by atoms with Crippen LogP contribution in [0, 0.1) is 0 Å². The standard InChI is InChI=1S/C20H24N2O4/c1-15(21-23-3)17-5-9-19(10-6-17)25-13-14-26-20-11-7-18(8-12-20)16(2)22-24-4/h5-12H,13-14H2,1-4H3/b21-15+,22-16+. The van der Waals surface area contributed by atoms with Crippen molar-refractivity contribution in [3.63, 3.8) is 0 Å². The maximum Gasteiger partial charge on any atom is 0.122 e. The van der Waals surface area contributed by atoms with E-state index in [-0.39, 0.29) is 0 Å². The smallest absolute Gasteiger partial charge is 0.122 e. The fourth-order valence-corrected chi connectivity index (χ4v) is 2.28. The van der Waals surface area contributed by atoms with Crippen LogP contribution in [0.25, 0.3) is 0 Å². The van der Waals surface area contributed by atoms with Crippen LogP contribution in [0.2, 0.25) is 0 Å². The molecule has 0 fully saturated rings. The summed E-state index contributed by atoms with van der Waals surface area (Å²) in [5, 5.41) is 7.80. The lowest BCUT2D eigenvalue weighted by molar-refractivity contribution is 0.213. The molecule has 0 atom stereocenters. The summed E-state index contributed by atoms with van der Waals surface area (Å²) in [6.45, 7) is 4.69. The minimum Gasteiger partial charge on any atom is -0.490 e. The Labute approximate surface area is 154 Å². The second-order valence-corrected chi connectivity index (χ2v) is 5.46. The molecule has 0 aliphatic carbocycles. The van der Waals surface area contributed by atoms with Crippen molar-refractivity contribution in [1.82, 2.24) is 0 Å². The lowest BCUT2D eigenvalue weighted by atomic mass is 10.1. The normalized spacial score (nSPS) is 11.8. The highest BCUT2D eigenvalue weighted by atomic mass is 16.6. The highest BCUT2D eigenvalue weighted by molar-refractivity contribution is 5.98. The van der Waals surface area contributed by atoms with E-state index in [1.165, 1.54) is 14.2 Å². The van der Waals surface area contributed by atoms with Gasteiger partial charge in [-0.2, -0.15) is 0 Å². The molecule has 6 nitrogen and oxygen atoms in total. The zero-order valence-electron chi connectivity index (χ0n) is 15.6. The van der Waals surface area contributed by atoms with E-state index in [2.05, 4.69) is 10.3 Å². The van der Waals surface area contributed by atoms with Gasteiger partial charge in [0.05, 0.1) is 11.4 Å². The van der Waals surface area contributed by atoms with Gasteiger partial charge in [-0.3, -0.25) is 0 Å². The minimum absolute atomic E-state index is 0.455. The fourth-order valence-electron chi connectivity index (χ4n) is 2.28. The van der Waals surface area contributed by atoms with Gasteiger partial charge in [0.1, 0.15) is 38.9 Å². The van der Waals surface area contributed by atoms with Crippen LogP contribution in [0.3, 0.4) is 0 Å². The highest BCUT2D eigenvalue weighted by Gasteiger charge is 2.01. The van der Waals surface area contributed by atoms with Gasteiger partial charge < -0.3 is 19.1 Å². The molecule has 0 amide bonds. The van der Waals surface area contributed by atoms with E-state index in [1.54, 1.807) is 0 Å². The number of ether oxygens (including phenoxy) is 2. The second kappa shape index (κ2) is 10.1. The zero-order valence-corrected chi connectivity index (χ0v) is 15.6. The van der Waals surface area contributed by atoms with Gasteiger partial charge in [-0.05, 0) is 73.5 Å². The molecule has 0 radical (unpaired) electrons. The molecule has 0 bridgehead atoms. The monoisotopic (exact) mass is 356 g/mol. The Hall–Kier alpha value is -3.02. The third-order valence-corrected chi connectivity index (χ3v) is 3.62. The molecule has 2 aromatic carbocycles. The van der Waals surface area contributed by atoms with Crippen LogP contribution in [0.15, 0.2) is 58.8 Å². The molecule has 0 saturated heterocycles. The van der Waals surface area contributed by atoms with Crippen molar-refractivity contribution in [2.24, 2.45) is 10.3 Å². The van der Waals surface area contributed by atoms with Crippen LogP contribution in [0.1, 0.15) is 25.0 Å². The summed E-state index contributed by atoms with van der Waals surface area (Å²) in [5.41, 5.74) is 3.61. The Balaban J connectivity index is 1.78. The third kappa shape index (κ3) is 5.81.